The number of aryl methyl sites for hydroxylation is 1. The van der Waals surface area contributed by atoms with E-state index in [1.807, 2.05) is 0 Å². The third kappa shape index (κ3) is 4.20. The van der Waals surface area contributed by atoms with Crippen LogP contribution in [-0.4, -0.2) is 14.8 Å². The summed E-state index contributed by atoms with van der Waals surface area (Å²) in [5, 5.41) is 0. The fraction of sp³-hybridized carbons (Fsp3) is 0.692. The first kappa shape index (κ1) is 13.6. The number of hydrogen-bond donors (Lipinski definition) is 0. The van der Waals surface area contributed by atoms with Crippen molar-refractivity contribution in [2.24, 2.45) is 5.41 Å². The summed E-state index contributed by atoms with van der Waals surface area (Å²) < 4.78 is 0. The van der Waals surface area contributed by atoms with E-state index >= 15 is 0 Å². The maximum Gasteiger partial charge on any atom is 0.115 e. The van der Waals surface area contributed by atoms with Crippen LogP contribution < -0.4 is 0 Å². The van der Waals surface area contributed by atoms with Gasteiger partial charge in [-0.3, -0.25) is 0 Å². The molecule has 3 heteroatoms. The molecule has 0 radical (unpaired) electrons. The van der Waals surface area contributed by atoms with Crippen molar-refractivity contribution in [3.05, 3.63) is 23.8 Å². The van der Waals surface area contributed by atoms with Crippen molar-refractivity contribution < 1.29 is 0 Å². The second-order valence-corrected chi connectivity index (χ2v) is 6.39. The van der Waals surface area contributed by atoms with Crippen LogP contribution in [-0.2, 0) is 12.8 Å². The largest absolute Gasteiger partial charge is 0.241 e. The van der Waals surface area contributed by atoms with Gasteiger partial charge in [-0.1, -0.05) is 50.0 Å². The van der Waals surface area contributed by atoms with Gasteiger partial charge in [0.1, 0.15) is 6.33 Å². The molecule has 0 bridgehead atoms. The molecule has 90 valence electrons. The Balaban J connectivity index is 2.70. The molecule has 0 aromatic carbocycles. The number of hydrogen-bond acceptors (Lipinski definition) is 2. The summed E-state index contributed by atoms with van der Waals surface area (Å²) in [6.07, 6.45) is 4.82. The molecule has 0 amide bonds. The normalized spacial score (nSPS) is 13.8. The lowest BCUT2D eigenvalue weighted by atomic mass is 9.89. The van der Waals surface area contributed by atoms with Crippen molar-refractivity contribution in [1.82, 2.24) is 9.97 Å². The third-order valence-corrected chi connectivity index (χ3v) is 4.31. The molecule has 1 rings (SSSR count). The van der Waals surface area contributed by atoms with Gasteiger partial charge in [-0.2, -0.15) is 0 Å². The number of aromatic nitrogens is 2. The highest BCUT2D eigenvalue weighted by molar-refractivity contribution is 9.09. The molecule has 0 saturated carbocycles. The van der Waals surface area contributed by atoms with Crippen LogP contribution in [0.15, 0.2) is 12.4 Å². The van der Waals surface area contributed by atoms with Gasteiger partial charge < -0.3 is 0 Å². The summed E-state index contributed by atoms with van der Waals surface area (Å²) in [6.45, 7) is 8.88. The van der Waals surface area contributed by atoms with E-state index in [0.717, 1.165) is 30.7 Å². The SMILES string of the molecule is CCCc1cc(CC(Br)C(C)(C)C)ncn1. The summed E-state index contributed by atoms with van der Waals surface area (Å²) in [5.41, 5.74) is 2.55. The zero-order chi connectivity index (χ0) is 12.2. The summed E-state index contributed by atoms with van der Waals surface area (Å²) in [7, 11) is 0. The molecule has 1 heterocycles. The lowest BCUT2D eigenvalue weighted by molar-refractivity contribution is 0.396. The summed E-state index contributed by atoms with van der Waals surface area (Å²) in [4.78, 5) is 9.05. The number of alkyl halides is 1. The fourth-order valence-corrected chi connectivity index (χ4v) is 1.77. The first-order valence-corrected chi connectivity index (χ1v) is 6.79. The van der Waals surface area contributed by atoms with Gasteiger partial charge in [0.2, 0.25) is 0 Å². The fourth-order valence-electron chi connectivity index (χ4n) is 1.44. The first-order chi connectivity index (χ1) is 7.43. The molecule has 1 aromatic heterocycles. The predicted molar refractivity (Wildman–Crippen MR) is 71.9 cm³/mol. The van der Waals surface area contributed by atoms with Crippen molar-refractivity contribution in [3.63, 3.8) is 0 Å². The van der Waals surface area contributed by atoms with Crippen LogP contribution in [0.4, 0.5) is 0 Å². The van der Waals surface area contributed by atoms with E-state index < -0.39 is 0 Å². The van der Waals surface area contributed by atoms with Gasteiger partial charge in [0.05, 0.1) is 0 Å². The molecule has 16 heavy (non-hydrogen) atoms. The quantitative estimate of drug-likeness (QED) is 0.787. The summed E-state index contributed by atoms with van der Waals surface area (Å²) >= 11 is 3.74. The average Bonchev–Trinajstić information content (AvgIpc) is 2.17. The van der Waals surface area contributed by atoms with Gasteiger partial charge in [-0.25, -0.2) is 9.97 Å². The van der Waals surface area contributed by atoms with Gasteiger partial charge in [-0.15, -0.1) is 0 Å². The standard InChI is InChI=1S/C13H21BrN2/c1-5-6-10-7-11(16-9-15-10)8-12(14)13(2,3)4/h7,9,12H,5-6,8H2,1-4H3. The Hall–Kier alpha value is -0.440. The molecule has 0 aliphatic rings. The summed E-state index contributed by atoms with van der Waals surface area (Å²) in [5.74, 6) is 0. The van der Waals surface area contributed by atoms with Crippen LogP contribution in [0.2, 0.25) is 0 Å². The minimum absolute atomic E-state index is 0.260. The molecule has 0 saturated heterocycles. The first-order valence-electron chi connectivity index (χ1n) is 5.87. The number of rotatable bonds is 4. The van der Waals surface area contributed by atoms with Crippen LogP contribution in [0.1, 0.15) is 45.5 Å². The van der Waals surface area contributed by atoms with Crippen LogP contribution in [0, 0.1) is 5.41 Å². The molecule has 2 nitrogen and oxygen atoms in total. The maximum atomic E-state index is 4.33. The molecule has 1 aromatic rings. The van der Waals surface area contributed by atoms with Crippen molar-refractivity contribution in [1.29, 1.82) is 0 Å². The minimum atomic E-state index is 0.260. The van der Waals surface area contributed by atoms with E-state index in [0.29, 0.717) is 4.83 Å². The van der Waals surface area contributed by atoms with E-state index in [4.69, 9.17) is 0 Å². The topological polar surface area (TPSA) is 25.8 Å². The van der Waals surface area contributed by atoms with E-state index in [-0.39, 0.29) is 5.41 Å². The molecule has 0 N–H and O–H groups in total. The lowest BCUT2D eigenvalue weighted by Crippen LogP contribution is -2.23. The second-order valence-electron chi connectivity index (χ2n) is 5.29. The molecule has 0 aliphatic heterocycles. The van der Waals surface area contributed by atoms with Crippen molar-refractivity contribution in [3.8, 4) is 0 Å². The van der Waals surface area contributed by atoms with E-state index in [1.165, 1.54) is 0 Å². The van der Waals surface area contributed by atoms with Crippen LogP contribution >= 0.6 is 15.9 Å². The highest BCUT2D eigenvalue weighted by Gasteiger charge is 2.22. The van der Waals surface area contributed by atoms with Crippen molar-refractivity contribution >= 4 is 15.9 Å². The highest BCUT2D eigenvalue weighted by Crippen LogP contribution is 2.28. The van der Waals surface area contributed by atoms with Crippen LogP contribution in [0.25, 0.3) is 0 Å². The summed E-state index contributed by atoms with van der Waals surface area (Å²) in [6, 6.07) is 2.13. The molecular weight excluding hydrogens is 264 g/mol. The monoisotopic (exact) mass is 284 g/mol. The van der Waals surface area contributed by atoms with Gasteiger partial charge in [-0.05, 0) is 17.9 Å². The zero-order valence-corrected chi connectivity index (χ0v) is 12.2. The van der Waals surface area contributed by atoms with E-state index in [9.17, 15) is 0 Å². The Labute approximate surface area is 107 Å². The Morgan fingerprint density at radius 1 is 1.25 bits per heavy atom. The maximum absolute atomic E-state index is 4.33. The van der Waals surface area contributed by atoms with Gasteiger partial charge in [0.15, 0.2) is 0 Å². The number of halogens is 1. The lowest BCUT2D eigenvalue weighted by Gasteiger charge is -2.25. The second kappa shape index (κ2) is 5.76. The van der Waals surface area contributed by atoms with Gasteiger partial charge in [0, 0.05) is 22.6 Å². The Morgan fingerprint density at radius 2 is 1.88 bits per heavy atom. The Morgan fingerprint density at radius 3 is 2.44 bits per heavy atom. The molecule has 0 fully saturated rings. The van der Waals surface area contributed by atoms with Crippen LogP contribution in [0.5, 0.6) is 0 Å². The predicted octanol–water partition coefficient (Wildman–Crippen LogP) is 3.78. The van der Waals surface area contributed by atoms with E-state index in [1.54, 1.807) is 6.33 Å². The van der Waals surface area contributed by atoms with Gasteiger partial charge >= 0.3 is 0 Å². The van der Waals surface area contributed by atoms with Crippen LogP contribution in [0.3, 0.4) is 0 Å². The van der Waals surface area contributed by atoms with E-state index in [2.05, 4.69) is 59.7 Å². The molecule has 0 spiro atoms. The van der Waals surface area contributed by atoms with Crippen molar-refractivity contribution in [2.45, 2.75) is 51.8 Å². The third-order valence-electron chi connectivity index (χ3n) is 2.61. The Kier molecular flexibility index (Phi) is 4.90. The molecular formula is C13H21BrN2. The Bertz CT molecular complexity index is 331. The smallest absolute Gasteiger partial charge is 0.115 e. The number of nitrogens with zero attached hydrogens (tertiary/aromatic N) is 2. The molecule has 0 aliphatic carbocycles. The molecule has 1 unspecified atom stereocenters. The zero-order valence-electron chi connectivity index (χ0n) is 10.6. The highest BCUT2D eigenvalue weighted by atomic mass is 79.9. The van der Waals surface area contributed by atoms with Gasteiger partial charge in [0.25, 0.3) is 0 Å². The minimum Gasteiger partial charge on any atom is -0.241 e. The van der Waals surface area contributed by atoms with Crippen molar-refractivity contribution in [2.75, 3.05) is 0 Å². The average molecular weight is 285 g/mol. The molecule has 1 atom stereocenters.